The van der Waals surface area contributed by atoms with E-state index in [1.165, 1.54) is 88.4 Å². The predicted octanol–water partition coefficient (Wildman–Crippen LogP) is 11.1. The Kier molecular flexibility index (Phi) is 5.09. The van der Waals surface area contributed by atoms with Crippen molar-refractivity contribution in [3.8, 4) is 33.6 Å². The van der Waals surface area contributed by atoms with E-state index in [0.717, 1.165) is 6.42 Å². The van der Waals surface area contributed by atoms with E-state index < -0.39 is 0 Å². The van der Waals surface area contributed by atoms with E-state index in [9.17, 15) is 0 Å². The largest absolute Gasteiger partial charge is 0.309 e. The first kappa shape index (κ1) is 24.6. The second-order valence-corrected chi connectivity index (χ2v) is 12.1. The Balaban J connectivity index is 1.25. The maximum Gasteiger partial charge on any atom is 0.0548 e. The van der Waals surface area contributed by atoms with Crippen molar-refractivity contribution in [2.24, 2.45) is 0 Å². The highest BCUT2D eigenvalue weighted by Gasteiger charge is 2.24. The van der Waals surface area contributed by atoms with Crippen LogP contribution in [-0.4, -0.2) is 9.13 Å². The fraction of sp³-hybridized carbons (Fsp3) is 0.0233. The van der Waals surface area contributed by atoms with E-state index in [1.54, 1.807) is 0 Å². The number of para-hydroxylation sites is 3. The Morgan fingerprint density at radius 1 is 0.378 bits per heavy atom. The van der Waals surface area contributed by atoms with Crippen LogP contribution in [0.5, 0.6) is 0 Å². The molecule has 1 aliphatic carbocycles. The minimum absolute atomic E-state index is 0.961. The molecule has 1 aliphatic rings. The molecular weight excluding hydrogens is 544 g/mol. The Labute approximate surface area is 261 Å². The average molecular weight is 573 g/mol. The number of nitrogens with zero attached hydrogens (tertiary/aromatic N) is 2. The lowest BCUT2D eigenvalue weighted by molar-refractivity contribution is 1.17. The molecular formula is C43H28N2. The Morgan fingerprint density at radius 3 is 1.64 bits per heavy atom. The molecule has 2 heteroatoms. The summed E-state index contributed by atoms with van der Waals surface area (Å²) in [5.41, 5.74) is 15.4. The van der Waals surface area contributed by atoms with Gasteiger partial charge in [-0.05, 0) is 88.3 Å². The summed E-state index contributed by atoms with van der Waals surface area (Å²) in [7, 11) is 0. The van der Waals surface area contributed by atoms with Gasteiger partial charge in [-0.3, -0.25) is 0 Å². The Bertz CT molecular complexity index is 2600. The van der Waals surface area contributed by atoms with Gasteiger partial charge in [0.25, 0.3) is 0 Å². The van der Waals surface area contributed by atoms with Gasteiger partial charge in [0.2, 0.25) is 0 Å². The minimum atomic E-state index is 0.961. The number of fused-ring (bicyclic) bond motifs is 10. The van der Waals surface area contributed by atoms with E-state index >= 15 is 0 Å². The molecule has 0 spiro atoms. The maximum absolute atomic E-state index is 2.47. The van der Waals surface area contributed by atoms with Crippen molar-refractivity contribution in [2.75, 3.05) is 0 Å². The highest BCUT2D eigenvalue weighted by molar-refractivity contribution is 6.28. The number of hydrogen-bond acceptors (Lipinski definition) is 0. The van der Waals surface area contributed by atoms with Gasteiger partial charge in [0, 0.05) is 32.9 Å². The first-order valence-electron chi connectivity index (χ1n) is 15.7. The van der Waals surface area contributed by atoms with E-state index in [4.69, 9.17) is 0 Å². The molecule has 0 bridgehead atoms. The van der Waals surface area contributed by atoms with Crippen molar-refractivity contribution in [1.82, 2.24) is 9.13 Å². The van der Waals surface area contributed by atoms with Gasteiger partial charge in [-0.15, -0.1) is 0 Å². The van der Waals surface area contributed by atoms with E-state index in [-0.39, 0.29) is 0 Å². The van der Waals surface area contributed by atoms with Crippen LogP contribution in [0.2, 0.25) is 0 Å². The van der Waals surface area contributed by atoms with Crippen LogP contribution in [0, 0.1) is 0 Å². The predicted molar refractivity (Wildman–Crippen MR) is 189 cm³/mol. The van der Waals surface area contributed by atoms with Gasteiger partial charge < -0.3 is 9.13 Å². The van der Waals surface area contributed by atoms with Gasteiger partial charge in [0.1, 0.15) is 0 Å². The highest BCUT2D eigenvalue weighted by Crippen LogP contribution is 2.45. The monoisotopic (exact) mass is 572 g/mol. The molecule has 45 heavy (non-hydrogen) atoms. The summed E-state index contributed by atoms with van der Waals surface area (Å²) in [6.07, 6.45) is 0.961. The van der Waals surface area contributed by atoms with Crippen LogP contribution in [0.4, 0.5) is 0 Å². The first-order chi connectivity index (χ1) is 22.3. The normalized spacial score (nSPS) is 12.4. The summed E-state index contributed by atoms with van der Waals surface area (Å²) in [4.78, 5) is 0. The Hall–Kier alpha value is -5.86. The van der Waals surface area contributed by atoms with Crippen LogP contribution in [0.15, 0.2) is 158 Å². The van der Waals surface area contributed by atoms with Crippen LogP contribution in [0.25, 0.3) is 77.2 Å². The van der Waals surface area contributed by atoms with Crippen molar-refractivity contribution in [2.45, 2.75) is 6.42 Å². The van der Waals surface area contributed by atoms with Gasteiger partial charge in [-0.25, -0.2) is 0 Å². The lowest BCUT2D eigenvalue weighted by Crippen LogP contribution is -1.95. The molecule has 2 nitrogen and oxygen atoms in total. The van der Waals surface area contributed by atoms with Crippen LogP contribution < -0.4 is 0 Å². The molecule has 9 aromatic rings. The van der Waals surface area contributed by atoms with Gasteiger partial charge in [-0.1, -0.05) is 109 Å². The molecule has 210 valence electrons. The molecule has 2 heterocycles. The Morgan fingerprint density at radius 2 is 0.956 bits per heavy atom. The van der Waals surface area contributed by atoms with Crippen molar-refractivity contribution in [1.29, 1.82) is 0 Å². The lowest BCUT2D eigenvalue weighted by Gasteiger charge is -2.11. The molecule has 7 aromatic carbocycles. The van der Waals surface area contributed by atoms with E-state index in [1.807, 2.05) is 0 Å². The maximum atomic E-state index is 2.47. The van der Waals surface area contributed by atoms with Crippen molar-refractivity contribution < 1.29 is 0 Å². The summed E-state index contributed by atoms with van der Waals surface area (Å²) in [5, 5.41) is 5.17. The van der Waals surface area contributed by atoms with E-state index in [0.29, 0.717) is 0 Å². The summed E-state index contributed by atoms with van der Waals surface area (Å²) >= 11 is 0. The third-order valence-electron chi connectivity index (χ3n) is 9.76. The van der Waals surface area contributed by atoms with Crippen molar-refractivity contribution in [3.05, 3.63) is 169 Å². The van der Waals surface area contributed by atoms with Crippen molar-refractivity contribution in [3.63, 3.8) is 0 Å². The molecule has 0 unspecified atom stereocenters. The molecule has 0 radical (unpaired) electrons. The molecule has 0 fully saturated rings. The van der Waals surface area contributed by atoms with Gasteiger partial charge in [-0.2, -0.15) is 0 Å². The summed E-state index contributed by atoms with van der Waals surface area (Å²) in [5.74, 6) is 0. The van der Waals surface area contributed by atoms with E-state index in [2.05, 4.69) is 167 Å². The number of aromatic nitrogens is 2. The highest BCUT2D eigenvalue weighted by atomic mass is 15.0. The van der Waals surface area contributed by atoms with Crippen LogP contribution in [-0.2, 0) is 6.42 Å². The SMILES string of the molecule is c1ccc(-c2cccc3c2Cc2ccc(-n4c5ccccc5c5c6c7ccccc7n(-c7ccccc7)c6ccc54)cc2-3)cc1. The molecule has 0 saturated carbocycles. The minimum Gasteiger partial charge on any atom is -0.309 e. The molecule has 10 rings (SSSR count). The number of rotatable bonds is 3. The fourth-order valence-corrected chi connectivity index (χ4v) is 7.87. The molecule has 0 saturated heterocycles. The number of benzene rings is 7. The third-order valence-corrected chi connectivity index (χ3v) is 9.76. The smallest absolute Gasteiger partial charge is 0.0548 e. The first-order valence-corrected chi connectivity index (χ1v) is 15.7. The molecule has 0 atom stereocenters. The second kappa shape index (κ2) is 9.32. The zero-order chi connectivity index (χ0) is 29.5. The molecule has 0 amide bonds. The summed E-state index contributed by atoms with van der Waals surface area (Å²) in [6.45, 7) is 0. The second-order valence-electron chi connectivity index (χ2n) is 12.1. The zero-order valence-electron chi connectivity index (χ0n) is 24.6. The standard InChI is InChI=1S/C43H28N2/c1-3-12-28(13-4-1)32-18-11-19-33-36-27-31(23-22-29(36)26-37(32)33)45-39-21-10-8-17-35(39)43-41(45)25-24-40-42(43)34-16-7-9-20-38(34)44(40)30-14-5-2-6-15-30/h1-25,27H,26H2. The van der Waals surface area contributed by atoms with Crippen LogP contribution in [0.3, 0.4) is 0 Å². The lowest BCUT2D eigenvalue weighted by atomic mass is 9.96. The van der Waals surface area contributed by atoms with Crippen LogP contribution >= 0.6 is 0 Å². The zero-order valence-corrected chi connectivity index (χ0v) is 24.6. The topological polar surface area (TPSA) is 9.86 Å². The summed E-state index contributed by atoms with van der Waals surface area (Å²) in [6, 6.07) is 57.7. The third kappa shape index (κ3) is 3.45. The molecule has 2 aromatic heterocycles. The quantitative estimate of drug-likeness (QED) is 0.199. The average Bonchev–Trinajstić information content (AvgIpc) is 3.76. The van der Waals surface area contributed by atoms with Gasteiger partial charge in [0.05, 0.1) is 22.1 Å². The van der Waals surface area contributed by atoms with Gasteiger partial charge >= 0.3 is 0 Å². The van der Waals surface area contributed by atoms with Gasteiger partial charge in [0.15, 0.2) is 0 Å². The summed E-state index contributed by atoms with van der Waals surface area (Å²) < 4.78 is 4.88. The van der Waals surface area contributed by atoms with Crippen LogP contribution in [0.1, 0.15) is 11.1 Å². The molecule has 0 aliphatic heterocycles. The van der Waals surface area contributed by atoms with Crippen molar-refractivity contribution >= 4 is 43.6 Å². The number of hydrogen-bond donors (Lipinski definition) is 0. The molecule has 0 N–H and O–H groups in total. The fourth-order valence-electron chi connectivity index (χ4n) is 7.87.